The minimum Gasteiger partial charge on any atom is -0.497 e. The van der Waals surface area contributed by atoms with E-state index in [0.717, 1.165) is 40.5 Å². The number of aliphatic hydroxyl groups is 1. The number of ether oxygens (including phenoxy) is 1. The summed E-state index contributed by atoms with van der Waals surface area (Å²) in [6.45, 7) is 2.18. The molecule has 1 unspecified atom stereocenters. The number of fused-ring (bicyclic) bond motifs is 1. The minimum atomic E-state index is -0.193. The van der Waals surface area contributed by atoms with Gasteiger partial charge in [-0.25, -0.2) is 4.98 Å². The predicted octanol–water partition coefficient (Wildman–Crippen LogP) is 2.41. The molecule has 0 radical (unpaired) electrons. The molecule has 0 bridgehead atoms. The number of benzene rings is 1. The number of imidazole rings is 1. The number of nitrogens with zero attached hydrogens (tertiary/aromatic N) is 1. The van der Waals surface area contributed by atoms with Gasteiger partial charge in [0.25, 0.3) is 0 Å². The molecule has 5 nitrogen and oxygen atoms in total. The highest BCUT2D eigenvalue weighted by atomic mass is 32.2. The van der Waals surface area contributed by atoms with Crippen molar-refractivity contribution >= 4 is 22.8 Å². The Labute approximate surface area is 129 Å². The van der Waals surface area contributed by atoms with E-state index in [0.29, 0.717) is 0 Å². The van der Waals surface area contributed by atoms with Crippen LogP contribution in [0.15, 0.2) is 23.4 Å². The first-order valence-corrected chi connectivity index (χ1v) is 8.05. The zero-order valence-electron chi connectivity index (χ0n) is 12.8. The topological polar surface area (TPSA) is 70.2 Å². The van der Waals surface area contributed by atoms with E-state index in [1.807, 2.05) is 32.2 Å². The number of rotatable bonds is 8. The Morgan fingerprint density at radius 2 is 2.29 bits per heavy atom. The van der Waals surface area contributed by atoms with Crippen LogP contribution in [-0.4, -0.2) is 47.1 Å². The van der Waals surface area contributed by atoms with Crippen molar-refractivity contribution in [2.75, 3.05) is 26.5 Å². The highest BCUT2D eigenvalue weighted by Crippen LogP contribution is 2.24. The fourth-order valence-corrected chi connectivity index (χ4v) is 2.90. The zero-order chi connectivity index (χ0) is 15.3. The van der Waals surface area contributed by atoms with E-state index >= 15 is 0 Å². The molecule has 21 heavy (non-hydrogen) atoms. The summed E-state index contributed by atoms with van der Waals surface area (Å²) < 4.78 is 5.21. The maximum Gasteiger partial charge on any atom is 0.166 e. The number of H-pyrrole nitrogens is 1. The number of hydrogen-bond acceptors (Lipinski definition) is 5. The lowest BCUT2D eigenvalue weighted by Crippen LogP contribution is -2.43. The third kappa shape index (κ3) is 4.12. The Kier molecular flexibility index (Phi) is 5.50. The maximum absolute atomic E-state index is 9.35. The van der Waals surface area contributed by atoms with Crippen molar-refractivity contribution in [3.05, 3.63) is 18.2 Å². The van der Waals surface area contributed by atoms with Crippen molar-refractivity contribution in [1.82, 2.24) is 15.3 Å². The molecule has 2 rings (SSSR count). The van der Waals surface area contributed by atoms with Gasteiger partial charge < -0.3 is 20.1 Å². The van der Waals surface area contributed by atoms with Crippen molar-refractivity contribution < 1.29 is 9.84 Å². The number of aromatic nitrogens is 2. The lowest BCUT2D eigenvalue weighted by molar-refractivity contribution is 0.173. The van der Waals surface area contributed by atoms with E-state index in [1.54, 1.807) is 18.9 Å². The van der Waals surface area contributed by atoms with Crippen LogP contribution in [-0.2, 0) is 0 Å². The van der Waals surface area contributed by atoms with Gasteiger partial charge in [0.1, 0.15) is 5.75 Å². The van der Waals surface area contributed by atoms with Crippen LogP contribution in [0.4, 0.5) is 0 Å². The van der Waals surface area contributed by atoms with Gasteiger partial charge in [0.2, 0.25) is 0 Å². The second-order valence-corrected chi connectivity index (χ2v) is 6.43. The van der Waals surface area contributed by atoms with E-state index in [4.69, 9.17) is 4.74 Å². The SMILES string of the molecule is CNC(C)(CO)CCCSc1nc2ccc(OC)cc2[nH]1. The molecular formula is C15H23N3O2S. The van der Waals surface area contributed by atoms with E-state index in [2.05, 4.69) is 15.3 Å². The van der Waals surface area contributed by atoms with E-state index in [-0.39, 0.29) is 12.1 Å². The van der Waals surface area contributed by atoms with Crippen LogP contribution in [0.1, 0.15) is 19.8 Å². The lowest BCUT2D eigenvalue weighted by Gasteiger charge is -2.26. The molecule has 0 saturated heterocycles. The predicted molar refractivity (Wildman–Crippen MR) is 87.2 cm³/mol. The number of methoxy groups -OCH3 is 1. The molecule has 0 spiro atoms. The third-order valence-corrected chi connectivity index (χ3v) is 4.69. The fourth-order valence-electron chi connectivity index (χ4n) is 2.07. The Morgan fingerprint density at radius 3 is 2.95 bits per heavy atom. The monoisotopic (exact) mass is 309 g/mol. The average molecular weight is 309 g/mol. The summed E-state index contributed by atoms with van der Waals surface area (Å²) in [4.78, 5) is 7.85. The second-order valence-electron chi connectivity index (χ2n) is 5.35. The van der Waals surface area contributed by atoms with Crippen LogP contribution < -0.4 is 10.1 Å². The summed E-state index contributed by atoms with van der Waals surface area (Å²) in [5.41, 5.74) is 1.75. The lowest BCUT2D eigenvalue weighted by atomic mass is 9.98. The van der Waals surface area contributed by atoms with Crippen LogP contribution >= 0.6 is 11.8 Å². The summed E-state index contributed by atoms with van der Waals surface area (Å²) >= 11 is 1.70. The van der Waals surface area contributed by atoms with Gasteiger partial charge in [-0.3, -0.25) is 0 Å². The van der Waals surface area contributed by atoms with Crippen molar-refractivity contribution in [1.29, 1.82) is 0 Å². The summed E-state index contributed by atoms with van der Waals surface area (Å²) in [6, 6.07) is 5.83. The van der Waals surface area contributed by atoms with Gasteiger partial charge in [0.15, 0.2) is 5.16 Å². The summed E-state index contributed by atoms with van der Waals surface area (Å²) in [5.74, 6) is 1.80. The highest BCUT2D eigenvalue weighted by molar-refractivity contribution is 7.99. The Bertz CT molecular complexity index is 581. The largest absolute Gasteiger partial charge is 0.497 e. The highest BCUT2D eigenvalue weighted by Gasteiger charge is 2.19. The van der Waals surface area contributed by atoms with Gasteiger partial charge in [0, 0.05) is 17.4 Å². The second kappa shape index (κ2) is 7.15. The van der Waals surface area contributed by atoms with Crippen molar-refractivity contribution in [2.45, 2.75) is 30.5 Å². The molecule has 0 aliphatic carbocycles. The maximum atomic E-state index is 9.35. The normalized spacial score (nSPS) is 14.3. The van der Waals surface area contributed by atoms with E-state index < -0.39 is 0 Å². The number of likely N-dealkylation sites (N-methyl/N-ethyl adjacent to an activating group) is 1. The molecule has 0 amide bonds. The number of hydrogen-bond donors (Lipinski definition) is 3. The quantitative estimate of drug-likeness (QED) is 0.516. The van der Waals surface area contributed by atoms with Gasteiger partial charge in [-0.1, -0.05) is 11.8 Å². The van der Waals surface area contributed by atoms with Crippen LogP contribution in [0.3, 0.4) is 0 Å². The standard InChI is InChI=1S/C15H23N3O2S/c1-15(10-19,16-2)7-4-8-21-14-17-12-6-5-11(20-3)9-13(12)18-14/h5-6,9,16,19H,4,7-8,10H2,1-3H3,(H,17,18). The Morgan fingerprint density at radius 1 is 1.48 bits per heavy atom. The van der Waals surface area contributed by atoms with Gasteiger partial charge in [0.05, 0.1) is 24.8 Å². The molecule has 0 saturated carbocycles. The summed E-state index contributed by atoms with van der Waals surface area (Å²) in [7, 11) is 3.54. The molecule has 2 aromatic rings. The van der Waals surface area contributed by atoms with Gasteiger partial charge in [-0.2, -0.15) is 0 Å². The molecule has 116 valence electrons. The first-order valence-electron chi connectivity index (χ1n) is 7.06. The molecular weight excluding hydrogens is 286 g/mol. The van der Waals surface area contributed by atoms with Crippen LogP contribution in [0.2, 0.25) is 0 Å². The number of thioether (sulfide) groups is 1. The summed E-state index contributed by atoms with van der Waals surface area (Å²) in [6.07, 6.45) is 1.95. The fraction of sp³-hybridized carbons (Fsp3) is 0.533. The average Bonchev–Trinajstić information content (AvgIpc) is 2.93. The molecule has 6 heteroatoms. The third-order valence-electron chi connectivity index (χ3n) is 3.73. The molecule has 1 atom stereocenters. The van der Waals surface area contributed by atoms with Crippen molar-refractivity contribution in [3.8, 4) is 5.75 Å². The minimum absolute atomic E-state index is 0.151. The van der Waals surface area contributed by atoms with Crippen LogP contribution in [0.25, 0.3) is 11.0 Å². The van der Waals surface area contributed by atoms with Crippen LogP contribution in [0.5, 0.6) is 5.75 Å². The number of nitrogens with one attached hydrogen (secondary N) is 2. The molecule has 1 aromatic carbocycles. The van der Waals surface area contributed by atoms with E-state index in [1.165, 1.54) is 0 Å². The molecule has 3 N–H and O–H groups in total. The first kappa shape index (κ1) is 16.1. The molecule has 1 heterocycles. The number of aliphatic hydroxyl groups excluding tert-OH is 1. The smallest absolute Gasteiger partial charge is 0.166 e. The Balaban J connectivity index is 1.89. The van der Waals surface area contributed by atoms with Crippen molar-refractivity contribution in [3.63, 3.8) is 0 Å². The van der Waals surface area contributed by atoms with E-state index in [9.17, 15) is 5.11 Å². The van der Waals surface area contributed by atoms with Gasteiger partial charge >= 0.3 is 0 Å². The van der Waals surface area contributed by atoms with Gasteiger partial charge in [-0.15, -0.1) is 0 Å². The first-order chi connectivity index (χ1) is 10.1. The number of aromatic amines is 1. The molecule has 0 aliphatic heterocycles. The summed E-state index contributed by atoms with van der Waals surface area (Å²) in [5, 5.41) is 13.4. The van der Waals surface area contributed by atoms with Gasteiger partial charge in [-0.05, 0) is 38.9 Å². The molecule has 0 fully saturated rings. The molecule has 0 aliphatic rings. The Hall–Kier alpha value is -1.24. The molecule has 1 aromatic heterocycles. The zero-order valence-corrected chi connectivity index (χ0v) is 13.6. The van der Waals surface area contributed by atoms with Crippen molar-refractivity contribution in [2.24, 2.45) is 0 Å². The van der Waals surface area contributed by atoms with Crippen LogP contribution in [0, 0.1) is 0 Å².